The third kappa shape index (κ3) is 3.56. The summed E-state index contributed by atoms with van der Waals surface area (Å²) in [5.41, 5.74) is 10.1. The first kappa shape index (κ1) is 16.9. The zero-order chi connectivity index (χ0) is 18.8. The molecule has 6 N–H and O–H groups in total. The quantitative estimate of drug-likeness (QED) is 0.406. The fraction of sp³-hybridized carbons (Fsp3) is 0.158. The minimum absolute atomic E-state index is 0.0408. The molecule has 27 heavy (non-hydrogen) atoms. The van der Waals surface area contributed by atoms with Gasteiger partial charge in [-0.15, -0.1) is 0 Å². The summed E-state index contributed by atoms with van der Waals surface area (Å²) in [5.74, 6) is 6.87. The molecule has 0 bridgehead atoms. The first-order valence-corrected chi connectivity index (χ1v) is 8.58. The lowest BCUT2D eigenvalue weighted by Gasteiger charge is -2.18. The Hall–Kier alpha value is -3.52. The number of aromatic amines is 1. The highest BCUT2D eigenvalue weighted by Crippen LogP contribution is 2.27. The molecule has 0 saturated heterocycles. The predicted octanol–water partition coefficient (Wildman–Crippen LogP) is 2.01. The van der Waals surface area contributed by atoms with E-state index in [0.717, 1.165) is 27.8 Å². The number of hydrogen-bond acceptors (Lipinski definition) is 6. The number of nitrogens with two attached hydrogens (primary N) is 2. The smallest absolute Gasteiger partial charge is 0.224 e. The lowest BCUT2D eigenvalue weighted by Crippen LogP contribution is -2.27. The summed E-state index contributed by atoms with van der Waals surface area (Å²) in [4.78, 5) is 11.4. The molecular formula is C19H20N6O2. The molecule has 3 aromatic rings. The van der Waals surface area contributed by atoms with Crippen molar-refractivity contribution in [2.24, 2.45) is 11.6 Å². The maximum absolute atomic E-state index is 11.4. The van der Waals surface area contributed by atoms with Gasteiger partial charge < -0.3 is 15.8 Å². The number of aryl methyl sites for hydroxylation is 1. The minimum Gasteiger partial charge on any atom is -0.487 e. The van der Waals surface area contributed by atoms with Crippen LogP contribution in [-0.4, -0.2) is 22.7 Å². The highest BCUT2D eigenvalue weighted by molar-refractivity contribution is 5.94. The van der Waals surface area contributed by atoms with Crippen molar-refractivity contribution in [1.82, 2.24) is 10.2 Å². The van der Waals surface area contributed by atoms with Gasteiger partial charge in [0, 0.05) is 23.7 Å². The number of amides is 1. The number of anilines is 2. The molecule has 0 atom stereocenters. The first-order chi connectivity index (χ1) is 13.1. The Morgan fingerprint density at radius 1 is 1.30 bits per heavy atom. The van der Waals surface area contributed by atoms with Crippen LogP contribution in [0.4, 0.5) is 11.4 Å². The van der Waals surface area contributed by atoms with Crippen LogP contribution in [0, 0.1) is 0 Å². The largest absolute Gasteiger partial charge is 0.487 e. The molecule has 1 aromatic heterocycles. The fourth-order valence-electron chi connectivity index (χ4n) is 3.08. The van der Waals surface area contributed by atoms with E-state index in [4.69, 9.17) is 16.3 Å². The number of hydrazine groups is 1. The van der Waals surface area contributed by atoms with Gasteiger partial charge in [0.2, 0.25) is 5.91 Å². The van der Waals surface area contributed by atoms with Gasteiger partial charge in [-0.3, -0.25) is 14.9 Å². The number of rotatable bonds is 5. The van der Waals surface area contributed by atoms with Crippen molar-refractivity contribution in [2.45, 2.75) is 12.8 Å². The Morgan fingerprint density at radius 3 is 3.07 bits per heavy atom. The van der Waals surface area contributed by atoms with Crippen LogP contribution in [0.5, 0.6) is 5.75 Å². The lowest BCUT2D eigenvalue weighted by atomic mass is 10.0. The normalized spacial score (nSPS) is 14.0. The summed E-state index contributed by atoms with van der Waals surface area (Å²) >= 11 is 0. The van der Waals surface area contributed by atoms with Crippen LogP contribution in [0.15, 0.2) is 54.5 Å². The summed E-state index contributed by atoms with van der Waals surface area (Å²) in [6.45, 7) is 0.195. The van der Waals surface area contributed by atoms with E-state index in [-0.39, 0.29) is 12.5 Å². The molecule has 0 saturated carbocycles. The van der Waals surface area contributed by atoms with Crippen LogP contribution in [0.25, 0.3) is 10.9 Å². The summed E-state index contributed by atoms with van der Waals surface area (Å²) in [5, 5.41) is 12.1. The van der Waals surface area contributed by atoms with E-state index in [2.05, 4.69) is 15.5 Å². The number of nitrogens with zero attached hydrogens (tertiary/aromatic N) is 2. The van der Waals surface area contributed by atoms with Crippen LogP contribution in [0.2, 0.25) is 0 Å². The second-order valence-electron chi connectivity index (χ2n) is 6.38. The van der Waals surface area contributed by atoms with Crippen molar-refractivity contribution in [3.05, 3.63) is 60.1 Å². The Balaban J connectivity index is 1.44. The number of hydrogen-bond donors (Lipinski definition) is 4. The average Bonchev–Trinajstić information content (AvgIpc) is 3.15. The van der Waals surface area contributed by atoms with Gasteiger partial charge in [-0.1, -0.05) is 6.07 Å². The Morgan fingerprint density at radius 2 is 2.19 bits per heavy atom. The second kappa shape index (κ2) is 7.00. The number of H-pyrrole nitrogens is 1. The van der Waals surface area contributed by atoms with Gasteiger partial charge in [-0.2, -0.15) is 5.10 Å². The van der Waals surface area contributed by atoms with E-state index in [0.29, 0.717) is 24.3 Å². The molecule has 0 aliphatic carbocycles. The molecule has 0 spiro atoms. The monoisotopic (exact) mass is 364 g/mol. The minimum atomic E-state index is 0.0408. The Bertz CT molecular complexity index is 1030. The first-order valence-electron chi connectivity index (χ1n) is 8.58. The number of aromatic nitrogens is 2. The summed E-state index contributed by atoms with van der Waals surface area (Å²) < 4.78 is 5.76. The molecule has 8 nitrogen and oxygen atoms in total. The summed E-state index contributed by atoms with van der Waals surface area (Å²) in [7, 11) is 0. The molecule has 1 aliphatic heterocycles. The van der Waals surface area contributed by atoms with Crippen molar-refractivity contribution in [1.29, 1.82) is 0 Å². The number of benzene rings is 2. The van der Waals surface area contributed by atoms with E-state index in [1.54, 1.807) is 12.4 Å². The van der Waals surface area contributed by atoms with Crippen molar-refractivity contribution in [3.63, 3.8) is 0 Å². The third-order valence-corrected chi connectivity index (χ3v) is 4.42. The van der Waals surface area contributed by atoms with Crippen molar-refractivity contribution >= 4 is 28.2 Å². The number of nitrogens with one attached hydrogen (secondary N) is 2. The molecule has 0 unspecified atom stereocenters. The van der Waals surface area contributed by atoms with E-state index >= 15 is 0 Å². The van der Waals surface area contributed by atoms with Crippen molar-refractivity contribution < 1.29 is 9.53 Å². The number of ether oxygens (including phenoxy) is 1. The van der Waals surface area contributed by atoms with Crippen LogP contribution >= 0.6 is 0 Å². The molecule has 4 rings (SSSR count). The Labute approximate surface area is 155 Å². The molecule has 1 aliphatic rings. The van der Waals surface area contributed by atoms with E-state index < -0.39 is 0 Å². The van der Waals surface area contributed by atoms with Gasteiger partial charge in [0.1, 0.15) is 12.4 Å². The number of carbonyl (C=O) groups is 1. The number of fused-ring (bicyclic) bond motifs is 2. The maximum atomic E-state index is 11.4. The van der Waals surface area contributed by atoms with E-state index in [9.17, 15) is 4.79 Å². The summed E-state index contributed by atoms with van der Waals surface area (Å²) in [6.07, 6.45) is 4.53. The van der Waals surface area contributed by atoms with Gasteiger partial charge >= 0.3 is 0 Å². The van der Waals surface area contributed by atoms with Gasteiger partial charge in [0.15, 0.2) is 0 Å². The zero-order valence-corrected chi connectivity index (χ0v) is 14.6. The highest BCUT2D eigenvalue weighted by Gasteiger charge is 2.15. The molecule has 0 fully saturated rings. The third-order valence-electron chi connectivity index (χ3n) is 4.42. The van der Waals surface area contributed by atoms with Gasteiger partial charge in [-0.25, -0.2) is 5.84 Å². The predicted molar refractivity (Wildman–Crippen MR) is 104 cm³/mol. The summed E-state index contributed by atoms with van der Waals surface area (Å²) in [6, 6.07) is 11.3. The van der Waals surface area contributed by atoms with Gasteiger partial charge in [0.25, 0.3) is 0 Å². The highest BCUT2D eigenvalue weighted by atomic mass is 16.5. The van der Waals surface area contributed by atoms with E-state index in [1.807, 2.05) is 36.4 Å². The molecule has 2 aromatic carbocycles. The van der Waals surface area contributed by atoms with Crippen LogP contribution in [-0.2, 0) is 11.2 Å². The standard InChI is InChI=1S/C19H20N6O2/c20-13(10-25(21)18-3-1-2-17-15(18)9-22-24-17)11-27-14-5-6-16-12(8-14)4-7-19(26)23-16/h1-3,5-6,8-10H,4,7,11,20-21H2,(H,22,24)(H,23,26)/b13-10-. The average molecular weight is 364 g/mol. The molecule has 0 radical (unpaired) electrons. The molecule has 8 heteroatoms. The topological polar surface area (TPSA) is 122 Å². The van der Waals surface area contributed by atoms with E-state index in [1.165, 1.54) is 5.01 Å². The van der Waals surface area contributed by atoms with Gasteiger partial charge in [0.05, 0.1) is 23.1 Å². The van der Waals surface area contributed by atoms with Crippen LogP contribution in [0.3, 0.4) is 0 Å². The SMILES string of the molecule is N/C(=C\N(N)c1cccc2[nH]ncc12)COc1ccc2c(c1)CCC(=O)N2. The second-order valence-corrected chi connectivity index (χ2v) is 6.38. The van der Waals surface area contributed by atoms with Crippen LogP contribution < -0.4 is 26.6 Å². The van der Waals surface area contributed by atoms with Crippen molar-refractivity contribution in [3.8, 4) is 5.75 Å². The van der Waals surface area contributed by atoms with Crippen LogP contribution in [0.1, 0.15) is 12.0 Å². The molecule has 138 valence electrons. The maximum Gasteiger partial charge on any atom is 0.224 e. The molecular weight excluding hydrogens is 344 g/mol. The van der Waals surface area contributed by atoms with Crippen molar-refractivity contribution in [2.75, 3.05) is 16.9 Å². The molecule has 2 heterocycles. The molecule has 1 amide bonds. The number of carbonyl (C=O) groups excluding carboxylic acids is 1. The zero-order valence-electron chi connectivity index (χ0n) is 14.6. The fourth-order valence-corrected chi connectivity index (χ4v) is 3.08. The Kier molecular flexibility index (Phi) is 4.39. The van der Waals surface area contributed by atoms with Gasteiger partial charge in [-0.05, 0) is 42.3 Å². The lowest BCUT2D eigenvalue weighted by molar-refractivity contribution is -0.116.